The molecule has 0 unspecified atom stereocenters. The predicted molar refractivity (Wildman–Crippen MR) is 107 cm³/mol. The van der Waals surface area contributed by atoms with Crippen molar-refractivity contribution in [1.29, 1.82) is 0 Å². The molecule has 0 radical (unpaired) electrons. The minimum atomic E-state index is -0.153. The summed E-state index contributed by atoms with van der Waals surface area (Å²) in [5.74, 6) is 0.465. The van der Waals surface area contributed by atoms with Crippen molar-refractivity contribution in [3.8, 4) is 5.69 Å². The summed E-state index contributed by atoms with van der Waals surface area (Å²) in [6, 6.07) is 8.22. The Morgan fingerprint density at radius 3 is 2.70 bits per heavy atom. The number of likely N-dealkylation sites (tertiary alicyclic amines) is 1. The van der Waals surface area contributed by atoms with Crippen molar-refractivity contribution in [1.82, 2.24) is 19.8 Å². The number of nitrogens with one attached hydrogen (secondary N) is 1. The van der Waals surface area contributed by atoms with Crippen molar-refractivity contribution in [2.24, 2.45) is 0 Å². The molecule has 1 saturated heterocycles. The first-order valence-electron chi connectivity index (χ1n) is 9.36. The zero-order valence-electron chi connectivity index (χ0n) is 15.9. The number of rotatable bonds is 7. The standard InChI is InChI=1S/C20H26N4O2S/c1-15(2)16-7-3-4-8-17(16)24-12-9-21-20(24)27-14-18(25)22-13-19(26)23-10-5-6-11-23/h3-4,7-9,12,15H,5-6,10-11,13-14H2,1-2H3,(H,22,25). The van der Waals surface area contributed by atoms with Crippen molar-refractivity contribution in [2.45, 2.75) is 37.8 Å². The van der Waals surface area contributed by atoms with Crippen LogP contribution >= 0.6 is 11.8 Å². The molecule has 7 heteroatoms. The molecule has 2 aromatic rings. The Kier molecular flexibility index (Phi) is 6.55. The zero-order chi connectivity index (χ0) is 19.2. The molecule has 6 nitrogen and oxygen atoms in total. The minimum Gasteiger partial charge on any atom is -0.346 e. The molecule has 2 heterocycles. The molecule has 27 heavy (non-hydrogen) atoms. The molecule has 1 N–H and O–H groups in total. The molecule has 1 aliphatic heterocycles. The molecular formula is C20H26N4O2S. The molecule has 0 atom stereocenters. The average Bonchev–Trinajstić information content (AvgIpc) is 3.36. The van der Waals surface area contributed by atoms with Gasteiger partial charge in [-0.25, -0.2) is 4.98 Å². The highest BCUT2D eigenvalue weighted by molar-refractivity contribution is 7.99. The van der Waals surface area contributed by atoms with E-state index in [9.17, 15) is 9.59 Å². The maximum Gasteiger partial charge on any atom is 0.241 e. The van der Waals surface area contributed by atoms with Crippen LogP contribution in [0.2, 0.25) is 0 Å². The molecule has 1 aromatic heterocycles. The number of hydrogen-bond donors (Lipinski definition) is 1. The van der Waals surface area contributed by atoms with Gasteiger partial charge in [-0.05, 0) is 30.4 Å². The molecule has 1 aromatic carbocycles. The number of carbonyl (C=O) groups excluding carboxylic acids is 2. The predicted octanol–water partition coefficient (Wildman–Crippen LogP) is 2.83. The van der Waals surface area contributed by atoms with E-state index in [1.165, 1.54) is 17.3 Å². The third kappa shape index (κ3) is 4.91. The number of imidazole rings is 1. The van der Waals surface area contributed by atoms with Crippen LogP contribution in [0.4, 0.5) is 0 Å². The summed E-state index contributed by atoms with van der Waals surface area (Å²) in [7, 11) is 0. The Morgan fingerprint density at radius 1 is 1.22 bits per heavy atom. The fraction of sp³-hybridized carbons (Fsp3) is 0.450. The highest BCUT2D eigenvalue weighted by Gasteiger charge is 2.18. The van der Waals surface area contributed by atoms with Gasteiger partial charge in [0.15, 0.2) is 5.16 Å². The van der Waals surface area contributed by atoms with Gasteiger partial charge in [0.25, 0.3) is 0 Å². The number of para-hydroxylation sites is 1. The smallest absolute Gasteiger partial charge is 0.241 e. The maximum atomic E-state index is 12.1. The summed E-state index contributed by atoms with van der Waals surface area (Å²) < 4.78 is 2.02. The van der Waals surface area contributed by atoms with E-state index >= 15 is 0 Å². The van der Waals surface area contributed by atoms with Gasteiger partial charge < -0.3 is 10.2 Å². The SMILES string of the molecule is CC(C)c1ccccc1-n1ccnc1SCC(=O)NCC(=O)N1CCCC1. The maximum absolute atomic E-state index is 12.1. The second kappa shape index (κ2) is 9.08. The molecule has 1 fully saturated rings. The third-order valence-electron chi connectivity index (χ3n) is 4.65. The van der Waals surface area contributed by atoms with E-state index in [0.29, 0.717) is 5.92 Å². The molecular weight excluding hydrogens is 360 g/mol. The summed E-state index contributed by atoms with van der Waals surface area (Å²) in [5.41, 5.74) is 2.31. The van der Waals surface area contributed by atoms with Gasteiger partial charge in [-0.3, -0.25) is 14.2 Å². The van der Waals surface area contributed by atoms with Crippen molar-refractivity contribution in [3.63, 3.8) is 0 Å². The topological polar surface area (TPSA) is 67.2 Å². The van der Waals surface area contributed by atoms with Crippen LogP contribution < -0.4 is 5.32 Å². The lowest BCUT2D eigenvalue weighted by Crippen LogP contribution is -2.39. The number of benzene rings is 1. The Hall–Kier alpha value is -2.28. The van der Waals surface area contributed by atoms with E-state index in [0.717, 1.165) is 36.8 Å². The number of aromatic nitrogens is 2. The molecule has 2 amide bonds. The van der Waals surface area contributed by atoms with Gasteiger partial charge in [0, 0.05) is 25.5 Å². The summed E-state index contributed by atoms with van der Waals surface area (Å²) in [6.07, 6.45) is 5.76. The Morgan fingerprint density at radius 2 is 1.96 bits per heavy atom. The molecule has 0 spiro atoms. The molecule has 0 bridgehead atoms. The van der Waals surface area contributed by atoms with Crippen molar-refractivity contribution >= 4 is 23.6 Å². The van der Waals surface area contributed by atoms with E-state index in [-0.39, 0.29) is 24.1 Å². The summed E-state index contributed by atoms with van der Waals surface area (Å²) in [6.45, 7) is 6.00. The first-order valence-corrected chi connectivity index (χ1v) is 10.3. The summed E-state index contributed by atoms with van der Waals surface area (Å²) in [4.78, 5) is 30.4. The lowest BCUT2D eigenvalue weighted by Gasteiger charge is -2.16. The average molecular weight is 387 g/mol. The first-order chi connectivity index (χ1) is 13.1. The third-order valence-corrected chi connectivity index (χ3v) is 5.62. The zero-order valence-corrected chi connectivity index (χ0v) is 16.7. The second-order valence-corrected chi connectivity index (χ2v) is 7.89. The van der Waals surface area contributed by atoms with E-state index in [4.69, 9.17) is 0 Å². The van der Waals surface area contributed by atoms with Gasteiger partial charge in [-0.15, -0.1) is 0 Å². The largest absolute Gasteiger partial charge is 0.346 e. The van der Waals surface area contributed by atoms with Gasteiger partial charge in [0.1, 0.15) is 0 Å². The van der Waals surface area contributed by atoms with Gasteiger partial charge in [0.05, 0.1) is 18.0 Å². The highest BCUT2D eigenvalue weighted by atomic mass is 32.2. The Bertz CT molecular complexity index is 797. The van der Waals surface area contributed by atoms with Crippen LogP contribution in [0.3, 0.4) is 0 Å². The van der Waals surface area contributed by atoms with E-state index in [2.05, 4.69) is 36.3 Å². The number of carbonyl (C=O) groups is 2. The van der Waals surface area contributed by atoms with Crippen LogP contribution in [0.25, 0.3) is 5.69 Å². The van der Waals surface area contributed by atoms with Gasteiger partial charge in [0.2, 0.25) is 11.8 Å². The van der Waals surface area contributed by atoms with E-state index in [1.807, 2.05) is 27.8 Å². The van der Waals surface area contributed by atoms with Gasteiger partial charge in [-0.2, -0.15) is 0 Å². The van der Waals surface area contributed by atoms with Crippen LogP contribution in [0, 0.1) is 0 Å². The first kappa shape index (κ1) is 19.5. The van der Waals surface area contributed by atoms with Crippen LogP contribution in [-0.4, -0.2) is 51.7 Å². The lowest BCUT2D eigenvalue weighted by atomic mass is 10.0. The fourth-order valence-electron chi connectivity index (χ4n) is 3.21. The minimum absolute atomic E-state index is 0.00166. The number of thioether (sulfide) groups is 1. The normalized spacial score (nSPS) is 14.0. The number of amides is 2. The van der Waals surface area contributed by atoms with Crippen LogP contribution in [0.1, 0.15) is 38.2 Å². The number of hydrogen-bond acceptors (Lipinski definition) is 4. The van der Waals surface area contributed by atoms with Gasteiger partial charge >= 0.3 is 0 Å². The van der Waals surface area contributed by atoms with E-state index < -0.39 is 0 Å². The monoisotopic (exact) mass is 386 g/mol. The molecule has 3 rings (SSSR count). The lowest BCUT2D eigenvalue weighted by molar-refractivity contribution is -0.131. The highest BCUT2D eigenvalue weighted by Crippen LogP contribution is 2.27. The van der Waals surface area contributed by atoms with Crippen LogP contribution in [0.5, 0.6) is 0 Å². The molecule has 1 aliphatic rings. The quantitative estimate of drug-likeness (QED) is 0.743. The summed E-state index contributed by atoms with van der Waals surface area (Å²) >= 11 is 1.38. The summed E-state index contributed by atoms with van der Waals surface area (Å²) in [5, 5.41) is 3.49. The van der Waals surface area contributed by atoms with Crippen LogP contribution in [0.15, 0.2) is 41.8 Å². The van der Waals surface area contributed by atoms with Crippen molar-refractivity contribution < 1.29 is 9.59 Å². The van der Waals surface area contributed by atoms with Crippen molar-refractivity contribution in [2.75, 3.05) is 25.4 Å². The van der Waals surface area contributed by atoms with Gasteiger partial charge in [-0.1, -0.05) is 43.8 Å². The molecule has 0 saturated carbocycles. The fourth-order valence-corrected chi connectivity index (χ4v) is 4.00. The Labute approximate surface area is 164 Å². The molecule has 0 aliphatic carbocycles. The van der Waals surface area contributed by atoms with Crippen molar-refractivity contribution in [3.05, 3.63) is 42.2 Å². The Balaban J connectivity index is 1.57. The van der Waals surface area contributed by atoms with E-state index in [1.54, 1.807) is 6.20 Å². The number of nitrogens with zero attached hydrogens (tertiary/aromatic N) is 3. The van der Waals surface area contributed by atoms with Crippen LogP contribution in [-0.2, 0) is 9.59 Å². The second-order valence-electron chi connectivity index (χ2n) is 6.95. The molecule has 144 valence electrons.